The number of rotatable bonds is 3. The van der Waals surface area contributed by atoms with Gasteiger partial charge in [0.15, 0.2) is 0 Å². The number of hydroxylamine groups is 1. The predicted molar refractivity (Wildman–Crippen MR) is 53.9 cm³/mol. The topological polar surface area (TPSA) is 55.2 Å². The van der Waals surface area contributed by atoms with Crippen LogP contribution in [-0.2, 0) is 11.3 Å². The van der Waals surface area contributed by atoms with Crippen LogP contribution in [0.2, 0.25) is 0 Å². The lowest BCUT2D eigenvalue weighted by Gasteiger charge is -2.01. The van der Waals surface area contributed by atoms with Gasteiger partial charge in [-0.25, -0.2) is 4.74 Å². The van der Waals surface area contributed by atoms with E-state index in [9.17, 15) is 10.0 Å². The highest BCUT2D eigenvalue weighted by Gasteiger charge is 1.99. The first kappa shape index (κ1) is 10.2. The highest BCUT2D eigenvalue weighted by atomic mass is 16.5. The van der Waals surface area contributed by atoms with E-state index in [0.29, 0.717) is 11.3 Å². The van der Waals surface area contributed by atoms with Gasteiger partial charge in [-0.15, -0.1) is 0 Å². The summed E-state index contributed by atoms with van der Waals surface area (Å²) >= 11 is 0. The van der Waals surface area contributed by atoms with Gasteiger partial charge in [-0.2, -0.15) is 0 Å². The molecule has 0 radical (unpaired) electrons. The molecule has 0 spiro atoms. The van der Waals surface area contributed by atoms with Crippen LogP contribution in [0.5, 0.6) is 0 Å². The van der Waals surface area contributed by atoms with Crippen molar-refractivity contribution in [3.05, 3.63) is 41.1 Å². The van der Waals surface area contributed by atoms with Crippen molar-refractivity contribution in [2.75, 3.05) is 7.05 Å². The monoisotopic (exact) mass is 192 g/mol. The van der Waals surface area contributed by atoms with E-state index in [4.69, 9.17) is 0 Å². The normalized spacial score (nSPS) is 11.1. The van der Waals surface area contributed by atoms with Crippen molar-refractivity contribution in [3.63, 3.8) is 0 Å². The maximum Gasteiger partial charge on any atom is 0.309 e. The Morgan fingerprint density at radius 1 is 1.50 bits per heavy atom. The Labute approximate surface area is 82.5 Å². The van der Waals surface area contributed by atoms with E-state index in [-0.39, 0.29) is 5.91 Å². The molecule has 0 fully saturated rings. The first-order chi connectivity index (χ1) is 6.68. The second-order valence-electron chi connectivity index (χ2n) is 2.88. The summed E-state index contributed by atoms with van der Waals surface area (Å²) in [6.07, 6.45) is 0.961. The average molecular weight is 192 g/mol. The minimum absolute atomic E-state index is 0.383. The molecule has 0 aliphatic heterocycles. The van der Waals surface area contributed by atoms with Crippen LogP contribution in [-0.4, -0.2) is 23.9 Å². The number of hydrogen-bond donors (Lipinski definition) is 1. The molecule has 0 saturated heterocycles. The summed E-state index contributed by atoms with van der Waals surface area (Å²) in [5.41, 5.74) is 1.00. The maximum absolute atomic E-state index is 11.0. The number of benzene rings is 1. The average Bonchev–Trinajstić information content (AvgIpc) is 2.15. The minimum atomic E-state index is -0.383. The largest absolute Gasteiger partial charge is 0.624 e. The summed E-state index contributed by atoms with van der Waals surface area (Å²) in [5, 5.41) is 13.1. The van der Waals surface area contributed by atoms with Gasteiger partial charge < -0.3 is 10.5 Å². The Morgan fingerprint density at radius 2 is 2.14 bits per heavy atom. The van der Waals surface area contributed by atoms with Crippen molar-refractivity contribution in [1.29, 1.82) is 0 Å². The first-order valence-corrected chi connectivity index (χ1v) is 4.25. The highest BCUT2D eigenvalue weighted by Crippen LogP contribution is 1.96. The second kappa shape index (κ2) is 5.01. The van der Waals surface area contributed by atoms with Crippen LogP contribution in [0, 0.1) is 5.21 Å². The quantitative estimate of drug-likeness (QED) is 0.328. The number of nitrogens with zero attached hydrogens (tertiary/aromatic N) is 1. The number of hydrogen-bond acceptors (Lipinski definition) is 2. The molecular formula is C10H12N2O2. The number of amides is 1. The Balaban J connectivity index is 2.42. The molecule has 14 heavy (non-hydrogen) atoms. The van der Waals surface area contributed by atoms with Crippen LogP contribution >= 0.6 is 0 Å². The smallest absolute Gasteiger partial charge is 0.309 e. The highest BCUT2D eigenvalue weighted by molar-refractivity contribution is 6.24. The van der Waals surface area contributed by atoms with E-state index in [0.717, 1.165) is 11.8 Å². The van der Waals surface area contributed by atoms with E-state index in [1.54, 1.807) is 0 Å². The van der Waals surface area contributed by atoms with Crippen LogP contribution < -0.4 is 5.32 Å². The van der Waals surface area contributed by atoms with Gasteiger partial charge in [0.25, 0.3) is 0 Å². The SMILES string of the molecule is C/[N+]([O-])=C/C(=O)NCc1ccccc1. The summed E-state index contributed by atoms with van der Waals surface area (Å²) in [7, 11) is 1.27. The molecule has 0 aliphatic rings. The third-order valence-corrected chi connectivity index (χ3v) is 1.61. The van der Waals surface area contributed by atoms with Crippen LogP contribution in [0.15, 0.2) is 30.3 Å². The van der Waals surface area contributed by atoms with Crippen molar-refractivity contribution in [2.45, 2.75) is 6.54 Å². The van der Waals surface area contributed by atoms with Gasteiger partial charge in [0, 0.05) is 6.54 Å². The number of carbonyl (C=O) groups is 1. The van der Waals surface area contributed by atoms with Crippen LogP contribution in [0.3, 0.4) is 0 Å². The predicted octanol–water partition coefficient (Wildman–Crippen LogP) is 0.514. The molecule has 0 aromatic heterocycles. The van der Waals surface area contributed by atoms with Crippen molar-refractivity contribution in [3.8, 4) is 0 Å². The van der Waals surface area contributed by atoms with E-state index < -0.39 is 0 Å². The summed E-state index contributed by atoms with van der Waals surface area (Å²) in [4.78, 5) is 11.0. The Bertz CT molecular complexity index is 329. The number of nitrogens with one attached hydrogen (secondary N) is 1. The lowest BCUT2D eigenvalue weighted by molar-refractivity contribution is -0.416. The van der Waals surface area contributed by atoms with Gasteiger partial charge in [-0.05, 0) is 5.56 Å². The first-order valence-electron chi connectivity index (χ1n) is 4.25. The maximum atomic E-state index is 11.0. The summed E-state index contributed by atoms with van der Waals surface area (Å²) in [6, 6.07) is 9.50. The molecule has 1 amide bonds. The molecular weight excluding hydrogens is 180 g/mol. The summed E-state index contributed by atoms with van der Waals surface area (Å²) < 4.78 is 0.473. The Kier molecular flexibility index (Phi) is 3.67. The molecule has 0 unspecified atom stereocenters. The fourth-order valence-electron chi connectivity index (χ4n) is 0.996. The molecule has 0 bridgehead atoms. The fraction of sp³-hybridized carbons (Fsp3) is 0.200. The van der Waals surface area contributed by atoms with E-state index in [1.165, 1.54) is 7.05 Å². The summed E-state index contributed by atoms with van der Waals surface area (Å²) in [6.45, 7) is 0.435. The van der Waals surface area contributed by atoms with Crippen molar-refractivity contribution in [2.24, 2.45) is 0 Å². The third kappa shape index (κ3) is 3.71. The van der Waals surface area contributed by atoms with Gasteiger partial charge >= 0.3 is 5.91 Å². The van der Waals surface area contributed by atoms with Crippen molar-refractivity contribution < 1.29 is 9.53 Å². The molecule has 4 heteroatoms. The van der Waals surface area contributed by atoms with E-state index >= 15 is 0 Å². The lowest BCUT2D eigenvalue weighted by Crippen LogP contribution is -2.26. The van der Waals surface area contributed by atoms with Crippen LogP contribution in [0.4, 0.5) is 0 Å². The molecule has 1 rings (SSSR count). The standard InChI is InChI=1S/C10H12N2O2/c1-12(14)8-10(13)11-7-9-5-3-2-4-6-9/h2-6,8H,7H2,1H3,(H,11,13)/b12-8-. The summed E-state index contributed by atoms with van der Waals surface area (Å²) in [5.74, 6) is -0.383. The lowest BCUT2D eigenvalue weighted by atomic mass is 10.2. The molecule has 0 aliphatic carbocycles. The zero-order valence-electron chi connectivity index (χ0n) is 7.93. The molecule has 0 heterocycles. The molecule has 0 atom stereocenters. The molecule has 1 N–H and O–H groups in total. The minimum Gasteiger partial charge on any atom is -0.624 e. The molecule has 4 nitrogen and oxygen atoms in total. The molecule has 74 valence electrons. The molecule has 1 aromatic rings. The van der Waals surface area contributed by atoms with E-state index in [2.05, 4.69) is 5.32 Å². The zero-order valence-corrected chi connectivity index (χ0v) is 7.93. The third-order valence-electron chi connectivity index (χ3n) is 1.61. The Hall–Kier alpha value is -1.84. The van der Waals surface area contributed by atoms with Crippen molar-refractivity contribution in [1.82, 2.24) is 5.32 Å². The van der Waals surface area contributed by atoms with Gasteiger partial charge in [-0.3, -0.25) is 4.79 Å². The van der Waals surface area contributed by atoms with Gasteiger partial charge in [-0.1, -0.05) is 30.3 Å². The van der Waals surface area contributed by atoms with Crippen molar-refractivity contribution >= 4 is 12.1 Å². The fourth-order valence-corrected chi connectivity index (χ4v) is 0.996. The number of carbonyl (C=O) groups excluding carboxylic acids is 1. The van der Waals surface area contributed by atoms with Gasteiger partial charge in [0.2, 0.25) is 6.21 Å². The van der Waals surface area contributed by atoms with E-state index in [1.807, 2.05) is 30.3 Å². The molecule has 1 aromatic carbocycles. The van der Waals surface area contributed by atoms with Crippen LogP contribution in [0.25, 0.3) is 0 Å². The Morgan fingerprint density at radius 3 is 2.71 bits per heavy atom. The van der Waals surface area contributed by atoms with Gasteiger partial charge in [0.1, 0.15) is 7.05 Å². The second-order valence-corrected chi connectivity index (χ2v) is 2.88. The van der Waals surface area contributed by atoms with Crippen LogP contribution in [0.1, 0.15) is 5.56 Å². The molecule has 0 saturated carbocycles. The zero-order chi connectivity index (χ0) is 10.4. The van der Waals surface area contributed by atoms with Gasteiger partial charge in [0.05, 0.1) is 0 Å².